The molecule has 0 unspecified atom stereocenters. The van der Waals surface area contributed by atoms with Crippen molar-refractivity contribution in [1.29, 1.82) is 0 Å². The highest BCUT2D eigenvalue weighted by atomic mass is 16.5. The summed E-state index contributed by atoms with van der Waals surface area (Å²) in [6.07, 6.45) is 4.45. The number of hydrogen-bond donors (Lipinski definition) is 2. The second-order valence-electron chi connectivity index (χ2n) is 6.87. The lowest BCUT2D eigenvalue weighted by Gasteiger charge is -2.34. The van der Waals surface area contributed by atoms with Gasteiger partial charge in [-0.1, -0.05) is 6.42 Å². The van der Waals surface area contributed by atoms with Gasteiger partial charge in [-0.25, -0.2) is 0 Å². The summed E-state index contributed by atoms with van der Waals surface area (Å²) in [6.45, 7) is 3.37. The van der Waals surface area contributed by atoms with Crippen molar-refractivity contribution in [2.24, 2.45) is 5.92 Å². The Bertz CT molecular complexity index is 598. The molecule has 136 valence electrons. The van der Waals surface area contributed by atoms with Crippen LogP contribution in [0.3, 0.4) is 0 Å². The molecule has 0 spiro atoms. The number of ether oxygens (including phenoxy) is 2. The summed E-state index contributed by atoms with van der Waals surface area (Å²) in [6, 6.07) is 6.85. The first-order chi connectivity index (χ1) is 12.1. The number of anilines is 1. The lowest BCUT2D eigenvalue weighted by molar-refractivity contribution is -0.114. The van der Waals surface area contributed by atoms with Crippen LogP contribution in [-0.2, 0) is 14.3 Å². The lowest BCUT2D eigenvalue weighted by atomic mass is 9.86. The Kier molecular flexibility index (Phi) is 6.04. The molecule has 1 heterocycles. The van der Waals surface area contributed by atoms with Crippen LogP contribution >= 0.6 is 0 Å². The van der Waals surface area contributed by atoms with E-state index in [1.54, 1.807) is 24.3 Å². The van der Waals surface area contributed by atoms with E-state index < -0.39 is 0 Å². The van der Waals surface area contributed by atoms with Gasteiger partial charge in [0.1, 0.15) is 6.10 Å². The van der Waals surface area contributed by atoms with E-state index in [9.17, 15) is 9.59 Å². The average Bonchev–Trinajstić information content (AvgIpc) is 2.55. The van der Waals surface area contributed by atoms with Gasteiger partial charge in [-0.15, -0.1) is 0 Å². The predicted molar refractivity (Wildman–Crippen MR) is 94.5 cm³/mol. The van der Waals surface area contributed by atoms with E-state index in [1.807, 2.05) is 0 Å². The molecular formula is C19H26N2O4. The van der Waals surface area contributed by atoms with Crippen LogP contribution in [0, 0.1) is 5.92 Å². The van der Waals surface area contributed by atoms with Crippen molar-refractivity contribution in [3.63, 3.8) is 0 Å². The van der Waals surface area contributed by atoms with Crippen molar-refractivity contribution < 1.29 is 19.1 Å². The zero-order chi connectivity index (χ0) is 17.6. The Hall–Kier alpha value is -1.92. The molecular weight excluding hydrogens is 320 g/mol. The van der Waals surface area contributed by atoms with E-state index in [-0.39, 0.29) is 24.0 Å². The standard InChI is InChI=1S/C19H26N2O4/c1-13(22)20-16-7-5-15(6-8-16)19(23)21-17-9-10-24-12-18(17)25-11-14-3-2-4-14/h5-8,14,17-18H,2-4,9-12H2,1H3,(H,20,22)(H,21,23)/t17-,18-/m1/s1. The number of rotatable bonds is 6. The van der Waals surface area contributed by atoms with Crippen molar-refractivity contribution in [3.05, 3.63) is 29.8 Å². The molecule has 1 aromatic rings. The normalized spacial score (nSPS) is 23.6. The highest BCUT2D eigenvalue weighted by molar-refractivity contribution is 5.95. The minimum absolute atomic E-state index is 0.0312. The van der Waals surface area contributed by atoms with E-state index >= 15 is 0 Å². The van der Waals surface area contributed by atoms with Crippen molar-refractivity contribution in [3.8, 4) is 0 Å². The van der Waals surface area contributed by atoms with Crippen molar-refractivity contribution in [1.82, 2.24) is 5.32 Å². The first-order valence-electron chi connectivity index (χ1n) is 8.99. The summed E-state index contributed by atoms with van der Waals surface area (Å²) in [5.41, 5.74) is 1.25. The Balaban J connectivity index is 1.54. The molecule has 1 saturated carbocycles. The summed E-state index contributed by atoms with van der Waals surface area (Å²) >= 11 is 0. The number of carbonyl (C=O) groups excluding carboxylic acids is 2. The average molecular weight is 346 g/mol. The van der Waals surface area contributed by atoms with Gasteiger partial charge in [-0.3, -0.25) is 9.59 Å². The first-order valence-corrected chi connectivity index (χ1v) is 8.99. The fourth-order valence-electron chi connectivity index (χ4n) is 3.12. The molecule has 2 N–H and O–H groups in total. The second kappa shape index (κ2) is 8.45. The minimum Gasteiger partial charge on any atom is -0.379 e. The smallest absolute Gasteiger partial charge is 0.251 e. The van der Waals surface area contributed by atoms with Crippen LogP contribution < -0.4 is 10.6 Å². The second-order valence-corrected chi connectivity index (χ2v) is 6.87. The highest BCUT2D eigenvalue weighted by Gasteiger charge is 2.29. The van der Waals surface area contributed by atoms with Gasteiger partial charge in [-0.05, 0) is 49.4 Å². The van der Waals surface area contributed by atoms with Crippen LogP contribution in [0.1, 0.15) is 43.0 Å². The van der Waals surface area contributed by atoms with E-state index in [2.05, 4.69) is 10.6 Å². The van der Waals surface area contributed by atoms with Crippen LogP contribution in [0.5, 0.6) is 0 Å². The zero-order valence-corrected chi connectivity index (χ0v) is 14.6. The Morgan fingerprint density at radius 1 is 1.20 bits per heavy atom. The third-order valence-corrected chi connectivity index (χ3v) is 4.86. The zero-order valence-electron chi connectivity index (χ0n) is 14.6. The molecule has 1 saturated heterocycles. The maximum absolute atomic E-state index is 12.5. The molecule has 2 aliphatic rings. The maximum atomic E-state index is 12.5. The third kappa shape index (κ3) is 5.03. The van der Waals surface area contributed by atoms with Crippen LogP contribution in [0.2, 0.25) is 0 Å². The summed E-state index contributed by atoms with van der Waals surface area (Å²) < 4.78 is 11.5. The van der Waals surface area contributed by atoms with Crippen LogP contribution in [0.4, 0.5) is 5.69 Å². The molecule has 3 rings (SSSR count). The fraction of sp³-hybridized carbons (Fsp3) is 0.579. The van der Waals surface area contributed by atoms with Crippen LogP contribution in [0.15, 0.2) is 24.3 Å². The van der Waals surface area contributed by atoms with Crippen molar-refractivity contribution in [2.75, 3.05) is 25.1 Å². The van der Waals surface area contributed by atoms with E-state index in [0.29, 0.717) is 30.4 Å². The molecule has 1 aliphatic heterocycles. The van der Waals surface area contributed by atoms with Gasteiger partial charge >= 0.3 is 0 Å². The monoisotopic (exact) mass is 346 g/mol. The van der Waals surface area contributed by atoms with Gasteiger partial charge < -0.3 is 20.1 Å². The number of nitrogens with one attached hydrogen (secondary N) is 2. The highest BCUT2D eigenvalue weighted by Crippen LogP contribution is 2.27. The molecule has 1 aromatic carbocycles. The molecule has 25 heavy (non-hydrogen) atoms. The van der Waals surface area contributed by atoms with Gasteiger partial charge in [0, 0.05) is 31.4 Å². The number of benzene rings is 1. The molecule has 2 fully saturated rings. The molecule has 0 aromatic heterocycles. The molecule has 0 radical (unpaired) electrons. The molecule has 0 bridgehead atoms. The van der Waals surface area contributed by atoms with Gasteiger partial charge in [-0.2, -0.15) is 0 Å². The third-order valence-electron chi connectivity index (χ3n) is 4.86. The maximum Gasteiger partial charge on any atom is 0.251 e. The number of amides is 2. The Morgan fingerprint density at radius 2 is 1.96 bits per heavy atom. The summed E-state index contributed by atoms with van der Waals surface area (Å²) in [7, 11) is 0. The number of hydrogen-bond acceptors (Lipinski definition) is 4. The largest absolute Gasteiger partial charge is 0.379 e. The molecule has 1 aliphatic carbocycles. The Labute approximate surface area is 148 Å². The summed E-state index contributed by atoms with van der Waals surface area (Å²) in [4.78, 5) is 23.6. The SMILES string of the molecule is CC(=O)Nc1ccc(C(=O)N[C@@H]2CCOC[C@H]2OCC2CCC2)cc1. The summed E-state index contributed by atoms with van der Waals surface area (Å²) in [5, 5.41) is 5.76. The van der Waals surface area contributed by atoms with E-state index in [0.717, 1.165) is 13.0 Å². The quantitative estimate of drug-likeness (QED) is 0.829. The topological polar surface area (TPSA) is 76.7 Å². The molecule has 2 atom stereocenters. The number of carbonyl (C=O) groups is 2. The predicted octanol–water partition coefficient (Wildman–Crippen LogP) is 2.35. The van der Waals surface area contributed by atoms with Gasteiger partial charge in [0.15, 0.2) is 0 Å². The summed E-state index contributed by atoms with van der Waals surface area (Å²) in [5.74, 6) is 0.406. The Morgan fingerprint density at radius 3 is 2.60 bits per heavy atom. The van der Waals surface area contributed by atoms with Crippen molar-refractivity contribution in [2.45, 2.75) is 44.8 Å². The first kappa shape index (κ1) is 17.9. The lowest BCUT2D eigenvalue weighted by Crippen LogP contribution is -2.50. The van der Waals surface area contributed by atoms with Gasteiger partial charge in [0.2, 0.25) is 5.91 Å². The van der Waals surface area contributed by atoms with Crippen LogP contribution in [0.25, 0.3) is 0 Å². The fourth-order valence-corrected chi connectivity index (χ4v) is 3.12. The van der Waals surface area contributed by atoms with Gasteiger partial charge in [0.25, 0.3) is 5.91 Å². The minimum atomic E-state index is -0.133. The molecule has 6 nitrogen and oxygen atoms in total. The van der Waals surface area contributed by atoms with E-state index in [1.165, 1.54) is 26.2 Å². The van der Waals surface area contributed by atoms with Crippen molar-refractivity contribution >= 4 is 17.5 Å². The van der Waals surface area contributed by atoms with Crippen LogP contribution in [-0.4, -0.2) is 43.8 Å². The molecule has 2 amide bonds. The van der Waals surface area contributed by atoms with E-state index in [4.69, 9.17) is 9.47 Å². The molecule has 6 heteroatoms. The van der Waals surface area contributed by atoms with Gasteiger partial charge in [0.05, 0.1) is 12.6 Å².